The molecule has 2 aromatic carbocycles. The number of nitrogens with zero attached hydrogens (tertiary/aromatic N) is 1. The summed E-state index contributed by atoms with van der Waals surface area (Å²) in [5.41, 5.74) is 4.65. The first-order chi connectivity index (χ1) is 12.6. The van der Waals surface area contributed by atoms with E-state index >= 15 is 0 Å². The Morgan fingerprint density at radius 2 is 1.88 bits per heavy atom. The van der Waals surface area contributed by atoms with Gasteiger partial charge in [0.05, 0.1) is 11.0 Å². The Balaban J connectivity index is 1.51. The van der Waals surface area contributed by atoms with Crippen molar-refractivity contribution in [1.29, 1.82) is 0 Å². The summed E-state index contributed by atoms with van der Waals surface area (Å²) in [4.78, 5) is 20.3. The molecule has 1 amide bonds. The second kappa shape index (κ2) is 7.12. The molecule has 0 bridgehead atoms. The smallest absolute Gasteiger partial charge is 0.227 e. The van der Waals surface area contributed by atoms with Gasteiger partial charge in [0.2, 0.25) is 5.91 Å². The first-order valence-corrected chi connectivity index (χ1v) is 9.55. The van der Waals surface area contributed by atoms with Gasteiger partial charge >= 0.3 is 0 Å². The summed E-state index contributed by atoms with van der Waals surface area (Å²) >= 11 is 6.18. The molecule has 4 rings (SSSR count). The van der Waals surface area contributed by atoms with Crippen molar-refractivity contribution in [2.24, 2.45) is 5.92 Å². The normalized spacial score (nSPS) is 15.3. The van der Waals surface area contributed by atoms with Crippen LogP contribution in [-0.4, -0.2) is 15.9 Å². The van der Waals surface area contributed by atoms with Crippen molar-refractivity contribution in [3.63, 3.8) is 0 Å². The number of hydrogen-bond acceptors (Lipinski definition) is 2. The molecule has 0 saturated heterocycles. The minimum Gasteiger partial charge on any atom is -0.338 e. The van der Waals surface area contributed by atoms with Gasteiger partial charge in [0, 0.05) is 22.2 Å². The average molecular weight is 368 g/mol. The molecule has 5 heteroatoms. The number of anilines is 1. The number of nitrogens with one attached hydrogen (secondary N) is 2. The van der Waals surface area contributed by atoms with E-state index in [0.717, 1.165) is 64.4 Å². The number of carbonyl (C=O) groups is 1. The van der Waals surface area contributed by atoms with Crippen LogP contribution >= 0.6 is 11.6 Å². The highest BCUT2D eigenvalue weighted by Gasteiger charge is 2.21. The van der Waals surface area contributed by atoms with Crippen LogP contribution in [0.15, 0.2) is 36.4 Å². The average Bonchev–Trinajstić information content (AvgIpc) is 3.06. The van der Waals surface area contributed by atoms with Gasteiger partial charge < -0.3 is 10.3 Å². The summed E-state index contributed by atoms with van der Waals surface area (Å²) in [7, 11) is 0. The van der Waals surface area contributed by atoms with Crippen molar-refractivity contribution < 1.29 is 4.79 Å². The fraction of sp³-hybridized carbons (Fsp3) is 0.333. The molecule has 4 nitrogen and oxygen atoms in total. The molecular weight excluding hydrogens is 346 g/mol. The number of imidazole rings is 1. The molecule has 0 aliphatic heterocycles. The number of hydrogen-bond donors (Lipinski definition) is 2. The lowest BCUT2D eigenvalue weighted by Gasteiger charge is -2.20. The minimum absolute atomic E-state index is 0.145. The monoisotopic (exact) mass is 367 g/mol. The molecule has 0 atom stereocenters. The molecule has 1 aliphatic rings. The van der Waals surface area contributed by atoms with Gasteiger partial charge in [-0.05, 0) is 61.7 Å². The van der Waals surface area contributed by atoms with E-state index in [-0.39, 0.29) is 11.8 Å². The number of aromatic amines is 1. The minimum atomic E-state index is 0.145. The molecule has 2 N–H and O–H groups in total. The number of halogens is 1. The van der Waals surface area contributed by atoms with Gasteiger partial charge in [-0.15, -0.1) is 0 Å². The van der Waals surface area contributed by atoms with Crippen molar-refractivity contribution in [1.82, 2.24) is 9.97 Å². The summed E-state index contributed by atoms with van der Waals surface area (Å²) in [6.45, 7) is 1.98. The van der Waals surface area contributed by atoms with Gasteiger partial charge in [0.15, 0.2) is 0 Å². The second-order valence-electron chi connectivity index (χ2n) is 7.11. The summed E-state index contributed by atoms with van der Waals surface area (Å²) in [5, 5.41) is 3.76. The molecule has 3 aromatic rings. The number of fused-ring (bicyclic) bond motifs is 1. The fourth-order valence-corrected chi connectivity index (χ4v) is 3.75. The van der Waals surface area contributed by atoms with Crippen LogP contribution in [0.3, 0.4) is 0 Å². The molecular formula is C21H22ClN3O. The van der Waals surface area contributed by atoms with E-state index in [2.05, 4.69) is 15.3 Å². The predicted molar refractivity (Wildman–Crippen MR) is 106 cm³/mol. The van der Waals surface area contributed by atoms with Crippen LogP contribution in [0.25, 0.3) is 22.4 Å². The highest BCUT2D eigenvalue weighted by molar-refractivity contribution is 6.32. The largest absolute Gasteiger partial charge is 0.338 e. The van der Waals surface area contributed by atoms with Gasteiger partial charge in [-0.3, -0.25) is 4.79 Å². The van der Waals surface area contributed by atoms with E-state index in [1.807, 2.05) is 43.3 Å². The molecule has 134 valence electrons. The zero-order valence-corrected chi connectivity index (χ0v) is 15.6. The Labute approximate surface area is 158 Å². The van der Waals surface area contributed by atoms with Crippen LogP contribution in [-0.2, 0) is 4.79 Å². The van der Waals surface area contributed by atoms with Crippen molar-refractivity contribution in [2.75, 3.05) is 5.32 Å². The Morgan fingerprint density at radius 1 is 1.15 bits per heavy atom. The SMILES string of the molecule is Cc1cc2[nH]c(-c3ccc(NC(=O)C4CCCCC4)cc3)nc2cc1Cl. The number of H-pyrrole nitrogens is 1. The molecule has 1 saturated carbocycles. The summed E-state index contributed by atoms with van der Waals surface area (Å²) < 4.78 is 0. The zero-order chi connectivity index (χ0) is 18.1. The lowest BCUT2D eigenvalue weighted by Crippen LogP contribution is -2.24. The number of benzene rings is 2. The first-order valence-electron chi connectivity index (χ1n) is 9.17. The maximum Gasteiger partial charge on any atom is 0.227 e. The van der Waals surface area contributed by atoms with Crippen LogP contribution in [0.4, 0.5) is 5.69 Å². The predicted octanol–water partition coefficient (Wildman–Crippen LogP) is 5.71. The lowest BCUT2D eigenvalue weighted by atomic mass is 9.88. The Hall–Kier alpha value is -2.33. The summed E-state index contributed by atoms with van der Waals surface area (Å²) in [6, 6.07) is 11.7. The third-order valence-electron chi connectivity index (χ3n) is 5.16. The first kappa shape index (κ1) is 17.1. The lowest BCUT2D eigenvalue weighted by molar-refractivity contribution is -0.120. The zero-order valence-electron chi connectivity index (χ0n) is 14.8. The highest BCUT2D eigenvalue weighted by atomic mass is 35.5. The molecule has 1 aromatic heterocycles. The fourth-order valence-electron chi connectivity index (χ4n) is 3.60. The van der Waals surface area contributed by atoms with Crippen molar-refractivity contribution >= 4 is 34.2 Å². The molecule has 1 aliphatic carbocycles. The summed E-state index contributed by atoms with van der Waals surface area (Å²) in [5.74, 6) is 1.10. The van der Waals surface area contributed by atoms with E-state index in [9.17, 15) is 4.79 Å². The van der Waals surface area contributed by atoms with E-state index in [1.165, 1.54) is 6.42 Å². The molecule has 26 heavy (non-hydrogen) atoms. The van der Waals surface area contributed by atoms with Gasteiger partial charge in [0.25, 0.3) is 0 Å². The van der Waals surface area contributed by atoms with Crippen molar-refractivity contribution in [3.8, 4) is 11.4 Å². The molecule has 0 spiro atoms. The quantitative estimate of drug-likeness (QED) is 0.622. The number of amides is 1. The van der Waals surface area contributed by atoms with Crippen LogP contribution in [0.5, 0.6) is 0 Å². The molecule has 0 unspecified atom stereocenters. The van der Waals surface area contributed by atoms with Crippen LogP contribution < -0.4 is 5.32 Å². The van der Waals surface area contributed by atoms with E-state index < -0.39 is 0 Å². The maximum absolute atomic E-state index is 12.4. The standard InChI is InChI=1S/C21H22ClN3O/c1-13-11-18-19(12-17(13)22)25-20(24-18)14-7-9-16(10-8-14)23-21(26)15-5-3-2-4-6-15/h7-12,15H,2-6H2,1H3,(H,23,26)(H,24,25). The van der Waals surface area contributed by atoms with Gasteiger partial charge in [-0.25, -0.2) is 4.98 Å². The Kier molecular flexibility index (Phi) is 4.68. The molecule has 1 heterocycles. The second-order valence-corrected chi connectivity index (χ2v) is 7.51. The third-order valence-corrected chi connectivity index (χ3v) is 5.57. The van der Waals surface area contributed by atoms with Crippen molar-refractivity contribution in [3.05, 3.63) is 47.0 Å². The molecule has 1 fully saturated rings. The maximum atomic E-state index is 12.4. The van der Waals surface area contributed by atoms with Crippen LogP contribution in [0.1, 0.15) is 37.7 Å². The third kappa shape index (κ3) is 3.47. The molecule has 0 radical (unpaired) electrons. The van der Waals surface area contributed by atoms with E-state index in [1.54, 1.807) is 0 Å². The number of aryl methyl sites for hydroxylation is 1. The van der Waals surface area contributed by atoms with Gasteiger partial charge in [0.1, 0.15) is 5.82 Å². The Morgan fingerprint density at radius 3 is 2.62 bits per heavy atom. The van der Waals surface area contributed by atoms with Gasteiger partial charge in [-0.2, -0.15) is 0 Å². The van der Waals surface area contributed by atoms with Crippen LogP contribution in [0.2, 0.25) is 5.02 Å². The number of aromatic nitrogens is 2. The van der Waals surface area contributed by atoms with E-state index in [0.29, 0.717) is 0 Å². The highest BCUT2D eigenvalue weighted by Crippen LogP contribution is 2.27. The topological polar surface area (TPSA) is 57.8 Å². The van der Waals surface area contributed by atoms with E-state index in [4.69, 9.17) is 11.6 Å². The van der Waals surface area contributed by atoms with Gasteiger partial charge in [-0.1, -0.05) is 30.9 Å². The summed E-state index contributed by atoms with van der Waals surface area (Å²) in [6.07, 6.45) is 5.58. The van der Waals surface area contributed by atoms with Crippen molar-refractivity contribution in [2.45, 2.75) is 39.0 Å². The number of carbonyl (C=O) groups excluding carboxylic acids is 1. The van der Waals surface area contributed by atoms with Crippen LogP contribution in [0, 0.1) is 12.8 Å². The Bertz CT molecular complexity index is 901. The number of rotatable bonds is 3.